The Labute approximate surface area is 346 Å². The van der Waals surface area contributed by atoms with Gasteiger partial charge < -0.3 is 39.4 Å². The fraction of sp³-hybridized carbons (Fsp3) is 0.408. The zero-order valence-corrected chi connectivity index (χ0v) is 35.1. The molecule has 312 valence electrons. The highest BCUT2D eigenvalue weighted by Crippen LogP contribution is 2.41. The normalized spacial score (nSPS) is 15.2. The number of ether oxygens (including phenoxy) is 5. The first-order valence-electron chi connectivity index (χ1n) is 20.4. The number of hydrogen-bond acceptors (Lipinski definition) is 8. The summed E-state index contributed by atoms with van der Waals surface area (Å²) in [6.45, 7) is 14.9. The Kier molecular flexibility index (Phi) is 20.1. The molecule has 3 aromatic rings. The topological polar surface area (TPSA) is 108 Å². The number of aliphatic hydroxyl groups is 1. The van der Waals surface area contributed by atoms with Gasteiger partial charge in [-0.2, -0.15) is 0 Å². The molecule has 0 fully saturated rings. The van der Waals surface area contributed by atoms with Gasteiger partial charge in [-0.3, -0.25) is 4.79 Å². The zero-order chi connectivity index (χ0) is 41.4. The number of benzene rings is 3. The van der Waals surface area contributed by atoms with Crippen molar-refractivity contribution in [2.45, 2.75) is 73.2 Å². The lowest BCUT2D eigenvalue weighted by atomic mass is 9.72. The lowest BCUT2D eigenvalue weighted by Crippen LogP contribution is -2.33. The standard InChI is InChI=1S/C49H64N2O7/c1-38(21-23-45-40(3)16-13-25-49(45,4)5)14-12-15-39(2)32-48(53)51-27-29-55-31-30-54-28-26-50-34-43(52)37-56-44-22-24-46(57-35-41-17-8-6-9-18-41)47(33-44)58-36-42-19-10-7-11-20-42/h6-12,14-15,17-24,32-33,43,50,52H,13,16,25-31,34-37H2,1-5H3,(H,51,53)/b15-12?,23-21+,38-14+,39-32?/t43-/m1/s1. The second kappa shape index (κ2) is 25.4. The summed E-state index contributed by atoms with van der Waals surface area (Å²) in [5.74, 6) is 1.60. The van der Waals surface area contributed by atoms with Crippen LogP contribution in [0.5, 0.6) is 17.2 Å². The van der Waals surface area contributed by atoms with E-state index < -0.39 is 6.10 Å². The average molecular weight is 793 g/mol. The molecular weight excluding hydrogens is 729 g/mol. The molecule has 0 aromatic heterocycles. The third-order valence-corrected chi connectivity index (χ3v) is 9.69. The predicted octanol–water partition coefficient (Wildman–Crippen LogP) is 8.85. The van der Waals surface area contributed by atoms with Crippen molar-refractivity contribution in [3.05, 3.63) is 149 Å². The van der Waals surface area contributed by atoms with Crippen LogP contribution in [0, 0.1) is 5.41 Å². The summed E-state index contributed by atoms with van der Waals surface area (Å²) in [5.41, 5.74) is 7.30. The summed E-state index contributed by atoms with van der Waals surface area (Å²) in [5, 5.41) is 16.5. The molecule has 1 amide bonds. The quantitative estimate of drug-likeness (QED) is 0.0444. The number of hydrogen-bond donors (Lipinski definition) is 3. The monoisotopic (exact) mass is 792 g/mol. The van der Waals surface area contributed by atoms with E-state index in [0.29, 0.717) is 76.5 Å². The molecule has 9 nitrogen and oxygen atoms in total. The van der Waals surface area contributed by atoms with E-state index in [1.165, 1.54) is 30.4 Å². The smallest absolute Gasteiger partial charge is 0.244 e. The van der Waals surface area contributed by atoms with Crippen LogP contribution in [0.3, 0.4) is 0 Å². The number of aliphatic hydroxyl groups excluding tert-OH is 1. The van der Waals surface area contributed by atoms with Crippen molar-refractivity contribution in [2.75, 3.05) is 52.7 Å². The van der Waals surface area contributed by atoms with Crippen LogP contribution in [0.4, 0.5) is 0 Å². The average Bonchev–Trinajstić information content (AvgIpc) is 3.21. The molecule has 4 rings (SSSR count). The van der Waals surface area contributed by atoms with Crippen molar-refractivity contribution in [3.63, 3.8) is 0 Å². The van der Waals surface area contributed by atoms with Crippen molar-refractivity contribution in [2.24, 2.45) is 5.41 Å². The van der Waals surface area contributed by atoms with E-state index in [9.17, 15) is 9.90 Å². The van der Waals surface area contributed by atoms with Gasteiger partial charge in [0.2, 0.25) is 5.91 Å². The summed E-state index contributed by atoms with van der Waals surface area (Å²) in [6, 6.07) is 25.3. The van der Waals surface area contributed by atoms with Crippen LogP contribution >= 0.6 is 0 Å². The molecule has 3 aromatic carbocycles. The molecule has 1 aliphatic rings. The Bertz CT molecular complexity index is 1830. The highest BCUT2D eigenvalue weighted by atomic mass is 16.5. The highest BCUT2D eigenvalue weighted by molar-refractivity contribution is 5.88. The molecule has 1 aliphatic carbocycles. The van der Waals surface area contributed by atoms with Crippen molar-refractivity contribution in [3.8, 4) is 17.2 Å². The summed E-state index contributed by atoms with van der Waals surface area (Å²) >= 11 is 0. The van der Waals surface area contributed by atoms with Gasteiger partial charge in [-0.15, -0.1) is 0 Å². The maximum Gasteiger partial charge on any atom is 0.244 e. The van der Waals surface area contributed by atoms with Crippen LogP contribution < -0.4 is 24.8 Å². The first-order chi connectivity index (χ1) is 28.1. The second-order valence-corrected chi connectivity index (χ2v) is 15.3. The molecule has 1 atom stereocenters. The van der Waals surface area contributed by atoms with E-state index in [4.69, 9.17) is 23.7 Å². The minimum Gasteiger partial charge on any atom is -0.491 e. The fourth-order valence-electron chi connectivity index (χ4n) is 6.45. The molecule has 0 saturated heterocycles. The number of carbonyl (C=O) groups is 1. The van der Waals surface area contributed by atoms with Crippen molar-refractivity contribution in [1.82, 2.24) is 10.6 Å². The lowest BCUT2D eigenvalue weighted by molar-refractivity contribution is -0.116. The molecule has 0 saturated carbocycles. The van der Waals surface area contributed by atoms with Gasteiger partial charge in [0.05, 0.1) is 26.4 Å². The summed E-state index contributed by atoms with van der Waals surface area (Å²) < 4.78 is 29.3. The predicted molar refractivity (Wildman–Crippen MR) is 233 cm³/mol. The van der Waals surface area contributed by atoms with Crippen molar-refractivity contribution in [1.29, 1.82) is 0 Å². The third-order valence-electron chi connectivity index (χ3n) is 9.69. The zero-order valence-electron chi connectivity index (χ0n) is 35.1. The number of carbonyl (C=O) groups excluding carboxylic acids is 1. The van der Waals surface area contributed by atoms with Crippen LogP contribution in [-0.4, -0.2) is 69.8 Å². The Morgan fingerprint density at radius 3 is 2.14 bits per heavy atom. The van der Waals surface area contributed by atoms with Gasteiger partial charge >= 0.3 is 0 Å². The third kappa shape index (κ3) is 17.7. The minimum absolute atomic E-state index is 0.110. The molecule has 3 N–H and O–H groups in total. The van der Waals surface area contributed by atoms with Gasteiger partial charge in [0.1, 0.15) is 31.7 Å². The van der Waals surface area contributed by atoms with E-state index in [1.807, 2.05) is 91.9 Å². The SMILES string of the molecule is CC(C=C/C=C(C)/C=C/C1=C(C)CCCC1(C)C)=CC(=O)NCCOCCOCCNC[C@@H](O)COc1ccc(OCc2ccccc2)c(OCc2ccccc2)c1. The van der Waals surface area contributed by atoms with Crippen LogP contribution in [-0.2, 0) is 27.5 Å². The summed E-state index contributed by atoms with van der Waals surface area (Å²) in [4.78, 5) is 12.3. The first kappa shape index (κ1) is 45.8. The largest absolute Gasteiger partial charge is 0.491 e. The van der Waals surface area contributed by atoms with Crippen LogP contribution in [0.2, 0.25) is 0 Å². The van der Waals surface area contributed by atoms with Crippen LogP contribution in [0.25, 0.3) is 0 Å². The Balaban J connectivity index is 1.03. The van der Waals surface area contributed by atoms with Crippen molar-refractivity contribution >= 4 is 5.91 Å². The molecule has 0 heterocycles. The van der Waals surface area contributed by atoms with E-state index in [-0.39, 0.29) is 17.9 Å². The Morgan fingerprint density at radius 2 is 1.47 bits per heavy atom. The number of allylic oxidation sites excluding steroid dienone is 9. The van der Waals surface area contributed by atoms with E-state index >= 15 is 0 Å². The number of nitrogens with one attached hydrogen (secondary N) is 2. The molecule has 0 bridgehead atoms. The minimum atomic E-state index is -0.717. The van der Waals surface area contributed by atoms with Gasteiger partial charge in [0.25, 0.3) is 0 Å². The highest BCUT2D eigenvalue weighted by Gasteiger charge is 2.26. The molecule has 0 spiro atoms. The second-order valence-electron chi connectivity index (χ2n) is 15.3. The van der Waals surface area contributed by atoms with Gasteiger partial charge in [-0.1, -0.05) is 116 Å². The number of rotatable bonds is 25. The van der Waals surface area contributed by atoms with E-state index in [1.54, 1.807) is 12.1 Å². The molecule has 0 aliphatic heterocycles. The summed E-state index contributed by atoms with van der Waals surface area (Å²) in [6.07, 6.45) is 15.0. The van der Waals surface area contributed by atoms with Gasteiger partial charge in [0, 0.05) is 31.8 Å². The maximum absolute atomic E-state index is 12.3. The van der Waals surface area contributed by atoms with E-state index in [0.717, 1.165) is 22.3 Å². The molecule has 0 radical (unpaired) electrons. The van der Waals surface area contributed by atoms with Crippen LogP contribution in [0.15, 0.2) is 138 Å². The Hall–Kier alpha value is -4.93. The van der Waals surface area contributed by atoms with Crippen molar-refractivity contribution < 1.29 is 33.6 Å². The maximum atomic E-state index is 12.3. The fourth-order valence-corrected chi connectivity index (χ4v) is 6.45. The van der Waals surface area contributed by atoms with Gasteiger partial charge in [-0.05, 0) is 79.9 Å². The van der Waals surface area contributed by atoms with E-state index in [2.05, 4.69) is 56.6 Å². The molecular formula is C49H64N2O7. The first-order valence-corrected chi connectivity index (χ1v) is 20.4. The van der Waals surface area contributed by atoms with Crippen LogP contribution in [0.1, 0.15) is 65.0 Å². The Morgan fingerprint density at radius 1 is 0.810 bits per heavy atom. The molecule has 9 heteroatoms. The van der Waals surface area contributed by atoms with Gasteiger partial charge in [0.15, 0.2) is 11.5 Å². The summed E-state index contributed by atoms with van der Waals surface area (Å²) in [7, 11) is 0. The number of amides is 1. The molecule has 0 unspecified atom stereocenters. The lowest BCUT2D eigenvalue weighted by Gasteiger charge is -2.32. The molecule has 58 heavy (non-hydrogen) atoms. The van der Waals surface area contributed by atoms with Gasteiger partial charge in [-0.25, -0.2) is 0 Å².